The average molecular weight is 256 g/mol. The molecule has 1 atom stereocenters. The van der Waals surface area contributed by atoms with Crippen LogP contribution in [-0.2, 0) is 9.53 Å². The van der Waals surface area contributed by atoms with Crippen LogP contribution in [0.1, 0.15) is 32.1 Å². The van der Waals surface area contributed by atoms with E-state index in [0.717, 1.165) is 19.5 Å². The minimum atomic E-state index is -0.761. The summed E-state index contributed by atoms with van der Waals surface area (Å²) < 4.78 is 5.21. The molecule has 2 fully saturated rings. The Labute approximate surface area is 108 Å². The van der Waals surface area contributed by atoms with Crippen molar-refractivity contribution < 1.29 is 14.6 Å². The molecule has 1 amide bonds. The Morgan fingerprint density at radius 3 is 2.89 bits per heavy atom. The minimum absolute atomic E-state index is 0.0572. The zero-order chi connectivity index (χ0) is 12.8. The van der Waals surface area contributed by atoms with Gasteiger partial charge in [-0.05, 0) is 31.8 Å². The summed E-state index contributed by atoms with van der Waals surface area (Å²) >= 11 is 0. The number of amides is 1. The molecule has 2 heterocycles. The maximum Gasteiger partial charge on any atom is 0.220 e. The summed E-state index contributed by atoms with van der Waals surface area (Å²) in [6.07, 6.45) is 3.91. The molecule has 3 N–H and O–H groups in total. The Hall–Kier alpha value is -0.650. The highest BCUT2D eigenvalue weighted by molar-refractivity contribution is 5.75. The Morgan fingerprint density at radius 2 is 2.22 bits per heavy atom. The number of rotatable bonds is 5. The van der Waals surface area contributed by atoms with E-state index in [0.29, 0.717) is 44.9 Å². The number of hydrogen-bond acceptors (Lipinski definition) is 4. The second kappa shape index (κ2) is 6.50. The van der Waals surface area contributed by atoms with Crippen molar-refractivity contribution in [3.8, 4) is 0 Å². The van der Waals surface area contributed by atoms with Crippen molar-refractivity contribution in [3.63, 3.8) is 0 Å². The van der Waals surface area contributed by atoms with Gasteiger partial charge in [-0.25, -0.2) is 0 Å². The molecule has 2 rings (SSSR count). The highest BCUT2D eigenvalue weighted by Crippen LogP contribution is 2.19. The molecule has 0 aromatic rings. The number of carbonyl (C=O) groups excluding carboxylic acids is 1. The maximum atomic E-state index is 11.7. The predicted molar refractivity (Wildman–Crippen MR) is 68.2 cm³/mol. The van der Waals surface area contributed by atoms with Gasteiger partial charge in [0.15, 0.2) is 0 Å². The van der Waals surface area contributed by atoms with Crippen molar-refractivity contribution in [2.24, 2.45) is 5.92 Å². The van der Waals surface area contributed by atoms with E-state index in [-0.39, 0.29) is 5.91 Å². The van der Waals surface area contributed by atoms with Gasteiger partial charge < -0.3 is 20.5 Å². The van der Waals surface area contributed by atoms with Crippen LogP contribution in [0.2, 0.25) is 0 Å². The largest absolute Gasteiger partial charge is 0.388 e. The highest BCUT2D eigenvalue weighted by Gasteiger charge is 2.30. The molecule has 0 aromatic heterocycles. The first-order chi connectivity index (χ1) is 8.68. The van der Waals surface area contributed by atoms with Crippen LogP contribution in [0.5, 0.6) is 0 Å². The molecule has 1 unspecified atom stereocenters. The van der Waals surface area contributed by atoms with E-state index < -0.39 is 5.60 Å². The van der Waals surface area contributed by atoms with Crippen LogP contribution in [0.3, 0.4) is 0 Å². The van der Waals surface area contributed by atoms with E-state index in [1.165, 1.54) is 6.42 Å². The molecular weight excluding hydrogens is 232 g/mol. The van der Waals surface area contributed by atoms with Gasteiger partial charge in [0, 0.05) is 39.0 Å². The standard InChI is InChI=1S/C13H24N2O3/c16-12(2-1-11-3-6-14-9-11)15-10-13(17)4-7-18-8-5-13/h11,14,17H,1-10H2,(H,15,16). The van der Waals surface area contributed by atoms with Gasteiger partial charge in [-0.15, -0.1) is 0 Å². The average Bonchev–Trinajstić information content (AvgIpc) is 2.88. The van der Waals surface area contributed by atoms with Crippen LogP contribution < -0.4 is 10.6 Å². The molecule has 104 valence electrons. The van der Waals surface area contributed by atoms with Gasteiger partial charge in [0.25, 0.3) is 0 Å². The quantitative estimate of drug-likeness (QED) is 0.649. The van der Waals surface area contributed by atoms with Crippen LogP contribution in [0.15, 0.2) is 0 Å². The molecule has 5 nitrogen and oxygen atoms in total. The van der Waals surface area contributed by atoms with E-state index >= 15 is 0 Å². The van der Waals surface area contributed by atoms with Crippen molar-refractivity contribution in [2.75, 3.05) is 32.8 Å². The van der Waals surface area contributed by atoms with Crippen molar-refractivity contribution in [3.05, 3.63) is 0 Å². The first-order valence-corrected chi connectivity index (χ1v) is 6.95. The second-order valence-corrected chi connectivity index (χ2v) is 5.51. The molecule has 5 heteroatoms. The van der Waals surface area contributed by atoms with Crippen LogP contribution >= 0.6 is 0 Å². The highest BCUT2D eigenvalue weighted by atomic mass is 16.5. The number of aliphatic hydroxyl groups is 1. The molecule has 0 spiro atoms. The fourth-order valence-electron chi connectivity index (χ4n) is 2.58. The molecule has 0 aliphatic carbocycles. The monoisotopic (exact) mass is 256 g/mol. The number of ether oxygens (including phenoxy) is 1. The summed E-state index contributed by atoms with van der Waals surface area (Å²) in [7, 11) is 0. The Bertz CT molecular complexity index is 271. The van der Waals surface area contributed by atoms with Gasteiger partial charge in [-0.3, -0.25) is 4.79 Å². The van der Waals surface area contributed by atoms with Crippen molar-refractivity contribution in [1.82, 2.24) is 10.6 Å². The molecule has 18 heavy (non-hydrogen) atoms. The summed E-state index contributed by atoms with van der Waals surface area (Å²) in [6, 6.07) is 0. The number of carbonyl (C=O) groups is 1. The second-order valence-electron chi connectivity index (χ2n) is 5.51. The third-order valence-electron chi connectivity index (χ3n) is 3.98. The zero-order valence-electron chi connectivity index (χ0n) is 10.9. The first kappa shape index (κ1) is 13.8. The number of nitrogens with one attached hydrogen (secondary N) is 2. The summed E-state index contributed by atoms with van der Waals surface area (Å²) in [6.45, 7) is 3.64. The molecule has 0 saturated carbocycles. The third-order valence-corrected chi connectivity index (χ3v) is 3.98. The molecule has 0 radical (unpaired) electrons. The molecular formula is C13H24N2O3. The first-order valence-electron chi connectivity index (χ1n) is 6.95. The van der Waals surface area contributed by atoms with Gasteiger partial charge in [-0.2, -0.15) is 0 Å². The van der Waals surface area contributed by atoms with Crippen molar-refractivity contribution >= 4 is 5.91 Å². The lowest BCUT2D eigenvalue weighted by Gasteiger charge is -2.32. The minimum Gasteiger partial charge on any atom is -0.388 e. The zero-order valence-corrected chi connectivity index (χ0v) is 10.9. The Balaban J connectivity index is 1.61. The molecule has 2 aliphatic rings. The van der Waals surface area contributed by atoms with Gasteiger partial charge in [0.05, 0.1) is 5.60 Å². The summed E-state index contributed by atoms with van der Waals surface area (Å²) in [5, 5.41) is 16.3. The summed E-state index contributed by atoms with van der Waals surface area (Å²) in [5.41, 5.74) is -0.761. The van der Waals surface area contributed by atoms with Crippen LogP contribution in [0, 0.1) is 5.92 Å². The van der Waals surface area contributed by atoms with E-state index in [4.69, 9.17) is 4.74 Å². The van der Waals surface area contributed by atoms with Gasteiger partial charge >= 0.3 is 0 Å². The predicted octanol–water partition coefficient (Wildman–Crippen LogP) is 0.0338. The van der Waals surface area contributed by atoms with Crippen LogP contribution in [0.25, 0.3) is 0 Å². The lowest BCUT2D eigenvalue weighted by atomic mass is 9.94. The van der Waals surface area contributed by atoms with E-state index in [2.05, 4.69) is 10.6 Å². The van der Waals surface area contributed by atoms with Crippen LogP contribution in [0.4, 0.5) is 0 Å². The fraction of sp³-hybridized carbons (Fsp3) is 0.923. The smallest absolute Gasteiger partial charge is 0.220 e. The third kappa shape index (κ3) is 4.23. The fourth-order valence-corrected chi connectivity index (χ4v) is 2.58. The van der Waals surface area contributed by atoms with E-state index in [1.54, 1.807) is 0 Å². The van der Waals surface area contributed by atoms with E-state index in [9.17, 15) is 9.90 Å². The van der Waals surface area contributed by atoms with E-state index in [1.807, 2.05) is 0 Å². The summed E-state index contributed by atoms with van der Waals surface area (Å²) in [4.78, 5) is 11.7. The van der Waals surface area contributed by atoms with Crippen molar-refractivity contribution in [1.29, 1.82) is 0 Å². The lowest BCUT2D eigenvalue weighted by Crippen LogP contribution is -2.46. The summed E-state index contributed by atoms with van der Waals surface area (Å²) in [5.74, 6) is 0.698. The van der Waals surface area contributed by atoms with Gasteiger partial charge in [0.2, 0.25) is 5.91 Å². The topological polar surface area (TPSA) is 70.6 Å². The Morgan fingerprint density at radius 1 is 1.44 bits per heavy atom. The molecule has 2 saturated heterocycles. The van der Waals surface area contributed by atoms with Gasteiger partial charge in [0.1, 0.15) is 0 Å². The normalized spacial score (nSPS) is 27.1. The molecule has 0 bridgehead atoms. The Kier molecular flexibility index (Phi) is 4.97. The molecule has 0 aromatic carbocycles. The maximum absolute atomic E-state index is 11.7. The van der Waals surface area contributed by atoms with Crippen molar-refractivity contribution in [2.45, 2.75) is 37.7 Å². The molecule has 2 aliphatic heterocycles. The number of hydrogen-bond donors (Lipinski definition) is 3. The van der Waals surface area contributed by atoms with Gasteiger partial charge in [-0.1, -0.05) is 0 Å². The SMILES string of the molecule is O=C(CCC1CCNC1)NCC1(O)CCOCC1. The van der Waals surface area contributed by atoms with Crippen LogP contribution in [-0.4, -0.2) is 49.5 Å². The lowest BCUT2D eigenvalue weighted by molar-refractivity contribution is -0.124.